The topological polar surface area (TPSA) is 35.5 Å². The molecule has 0 aromatic heterocycles. The van der Waals surface area contributed by atoms with Gasteiger partial charge >= 0.3 is 5.97 Å². The predicted octanol–water partition coefficient (Wildman–Crippen LogP) is 1.49. The van der Waals surface area contributed by atoms with Crippen molar-refractivity contribution in [2.24, 2.45) is 0 Å². The maximum Gasteiger partial charge on any atom is 0.333 e. The maximum atomic E-state index is 10.5. The Kier molecular flexibility index (Phi) is 6.48. The maximum absolute atomic E-state index is 10.5. The van der Waals surface area contributed by atoms with E-state index in [1.807, 2.05) is 0 Å². The highest BCUT2D eigenvalue weighted by Crippen LogP contribution is 1.88. The second-order valence-electron chi connectivity index (χ2n) is 2.05. The van der Waals surface area contributed by atoms with Crippen molar-refractivity contribution in [3.05, 3.63) is 12.3 Å². The summed E-state index contributed by atoms with van der Waals surface area (Å²) in [6.45, 7) is 2.73. The largest absolute Gasteiger partial charge is 0.501 e. The third kappa shape index (κ3) is 6.90. The van der Waals surface area contributed by atoms with Gasteiger partial charge in [0.1, 0.15) is 0 Å². The fourth-order valence-electron chi connectivity index (χ4n) is 0.467. The molecule has 0 saturated heterocycles. The van der Waals surface area contributed by atoms with Crippen LogP contribution in [0.15, 0.2) is 12.3 Å². The molecular weight excluding hydrogens is 144 g/mol. The Labute approximate surface area is 67.0 Å². The molecule has 0 amide bonds. The van der Waals surface area contributed by atoms with E-state index in [-0.39, 0.29) is 5.97 Å². The van der Waals surface area contributed by atoms with Gasteiger partial charge in [-0.2, -0.15) is 0 Å². The fourth-order valence-corrected chi connectivity index (χ4v) is 0.467. The zero-order valence-electron chi connectivity index (χ0n) is 7.00. The molecule has 3 heteroatoms. The molecule has 0 radical (unpaired) electrons. The summed E-state index contributed by atoms with van der Waals surface area (Å²) in [6.07, 6.45) is 4.72. The molecule has 0 aliphatic heterocycles. The van der Waals surface area contributed by atoms with Crippen molar-refractivity contribution >= 4 is 5.97 Å². The Balaban J connectivity index is 3.22. The molecule has 0 rings (SSSR count). The summed E-state index contributed by atoms with van der Waals surface area (Å²) in [5, 5.41) is 0. The molecule has 0 N–H and O–H groups in total. The van der Waals surface area contributed by atoms with E-state index < -0.39 is 0 Å². The lowest BCUT2D eigenvalue weighted by Crippen LogP contribution is -1.94. The number of unbranched alkanes of at least 4 members (excludes halogenated alkanes) is 1. The zero-order valence-corrected chi connectivity index (χ0v) is 7.00. The first-order valence-corrected chi connectivity index (χ1v) is 3.67. The minimum absolute atomic E-state index is 0.388. The van der Waals surface area contributed by atoms with Crippen LogP contribution in [0, 0.1) is 0 Å². The van der Waals surface area contributed by atoms with Crippen molar-refractivity contribution < 1.29 is 14.3 Å². The highest BCUT2D eigenvalue weighted by atomic mass is 16.5. The summed E-state index contributed by atoms with van der Waals surface area (Å²) in [4.78, 5) is 10.5. The second-order valence-corrected chi connectivity index (χ2v) is 2.05. The van der Waals surface area contributed by atoms with Crippen LogP contribution in [0.1, 0.15) is 19.8 Å². The van der Waals surface area contributed by atoms with Crippen LogP contribution in [0.2, 0.25) is 0 Å². The molecule has 0 bridgehead atoms. The molecule has 0 heterocycles. The first-order valence-electron chi connectivity index (χ1n) is 3.67. The summed E-state index contributed by atoms with van der Waals surface area (Å²) in [6, 6.07) is 0. The van der Waals surface area contributed by atoms with E-state index in [2.05, 4.69) is 11.7 Å². The van der Waals surface area contributed by atoms with Gasteiger partial charge in [-0.05, 0) is 6.42 Å². The van der Waals surface area contributed by atoms with Crippen molar-refractivity contribution in [1.82, 2.24) is 0 Å². The predicted molar refractivity (Wildman–Crippen MR) is 42.0 cm³/mol. The standard InChI is InChI=1S/C8H14O3/c1-3-4-6-11-7-5-8(9)10-2/h5,7H,3-4,6H2,1-2H3/b7-5-. The van der Waals surface area contributed by atoms with E-state index in [0.717, 1.165) is 12.8 Å². The summed E-state index contributed by atoms with van der Waals surface area (Å²) in [5.41, 5.74) is 0. The molecule has 0 aliphatic carbocycles. The van der Waals surface area contributed by atoms with Crippen LogP contribution in [0.25, 0.3) is 0 Å². The van der Waals surface area contributed by atoms with Gasteiger partial charge in [-0.3, -0.25) is 0 Å². The van der Waals surface area contributed by atoms with Crippen molar-refractivity contribution in [1.29, 1.82) is 0 Å². The number of carbonyl (C=O) groups is 1. The van der Waals surface area contributed by atoms with E-state index in [1.165, 1.54) is 19.4 Å². The van der Waals surface area contributed by atoms with Gasteiger partial charge in [-0.15, -0.1) is 0 Å². The third-order valence-corrected chi connectivity index (χ3v) is 1.12. The number of hydrogen-bond acceptors (Lipinski definition) is 3. The molecule has 64 valence electrons. The fraction of sp³-hybridized carbons (Fsp3) is 0.625. The van der Waals surface area contributed by atoms with Crippen LogP contribution in [0.5, 0.6) is 0 Å². The van der Waals surface area contributed by atoms with Gasteiger partial charge < -0.3 is 9.47 Å². The molecule has 0 aromatic carbocycles. The molecule has 0 aromatic rings. The van der Waals surface area contributed by atoms with Crippen LogP contribution in [0.4, 0.5) is 0 Å². The average Bonchev–Trinajstić information content (AvgIpc) is 2.04. The van der Waals surface area contributed by atoms with Crippen LogP contribution in [0.3, 0.4) is 0 Å². The molecule has 0 spiro atoms. The van der Waals surface area contributed by atoms with E-state index >= 15 is 0 Å². The van der Waals surface area contributed by atoms with Gasteiger partial charge in [0, 0.05) is 0 Å². The monoisotopic (exact) mass is 158 g/mol. The quantitative estimate of drug-likeness (QED) is 0.263. The van der Waals surface area contributed by atoms with Crippen molar-refractivity contribution in [2.45, 2.75) is 19.8 Å². The number of methoxy groups -OCH3 is 1. The van der Waals surface area contributed by atoms with Crippen molar-refractivity contribution in [3.63, 3.8) is 0 Å². The minimum atomic E-state index is -0.388. The van der Waals surface area contributed by atoms with Gasteiger partial charge in [0.25, 0.3) is 0 Å². The molecule has 3 nitrogen and oxygen atoms in total. The smallest absolute Gasteiger partial charge is 0.333 e. The molecule has 11 heavy (non-hydrogen) atoms. The van der Waals surface area contributed by atoms with Gasteiger partial charge in [-0.1, -0.05) is 13.3 Å². The Morgan fingerprint density at radius 2 is 2.27 bits per heavy atom. The van der Waals surface area contributed by atoms with Crippen LogP contribution >= 0.6 is 0 Å². The molecule has 0 aliphatic rings. The van der Waals surface area contributed by atoms with E-state index in [9.17, 15) is 4.79 Å². The lowest BCUT2D eigenvalue weighted by Gasteiger charge is -1.96. The number of ether oxygens (including phenoxy) is 2. The third-order valence-electron chi connectivity index (χ3n) is 1.12. The second kappa shape index (κ2) is 7.12. The molecule has 0 saturated carbocycles. The average molecular weight is 158 g/mol. The Hall–Kier alpha value is -0.990. The molecule has 0 fully saturated rings. The highest BCUT2D eigenvalue weighted by molar-refractivity contribution is 5.81. The number of esters is 1. The summed E-state index contributed by atoms with van der Waals surface area (Å²) >= 11 is 0. The highest BCUT2D eigenvalue weighted by Gasteiger charge is 1.88. The van der Waals surface area contributed by atoms with Gasteiger partial charge in [-0.25, -0.2) is 4.79 Å². The Bertz CT molecular complexity index is 129. The van der Waals surface area contributed by atoms with Crippen LogP contribution < -0.4 is 0 Å². The number of rotatable bonds is 5. The Morgan fingerprint density at radius 3 is 2.82 bits per heavy atom. The molecule has 0 atom stereocenters. The number of carbonyl (C=O) groups excluding carboxylic acids is 1. The normalized spacial score (nSPS) is 10.0. The SMILES string of the molecule is CCCCO/C=C\C(=O)OC. The van der Waals surface area contributed by atoms with Gasteiger partial charge in [0.2, 0.25) is 0 Å². The van der Waals surface area contributed by atoms with Crippen molar-refractivity contribution in [3.8, 4) is 0 Å². The first kappa shape index (κ1) is 10.0. The van der Waals surface area contributed by atoms with E-state index in [4.69, 9.17) is 4.74 Å². The first-order chi connectivity index (χ1) is 5.31. The molecule has 0 unspecified atom stereocenters. The van der Waals surface area contributed by atoms with E-state index in [1.54, 1.807) is 0 Å². The minimum Gasteiger partial charge on any atom is -0.501 e. The number of hydrogen-bond donors (Lipinski definition) is 0. The summed E-state index contributed by atoms with van der Waals surface area (Å²) in [5.74, 6) is -0.388. The van der Waals surface area contributed by atoms with Crippen molar-refractivity contribution in [2.75, 3.05) is 13.7 Å². The Morgan fingerprint density at radius 1 is 1.55 bits per heavy atom. The lowest BCUT2D eigenvalue weighted by molar-refractivity contribution is -0.134. The lowest BCUT2D eigenvalue weighted by atomic mass is 10.4. The van der Waals surface area contributed by atoms with Crippen LogP contribution in [-0.2, 0) is 14.3 Å². The summed E-state index contributed by atoms with van der Waals surface area (Å²) in [7, 11) is 1.33. The van der Waals surface area contributed by atoms with Gasteiger partial charge in [0.05, 0.1) is 26.1 Å². The van der Waals surface area contributed by atoms with E-state index in [0.29, 0.717) is 6.61 Å². The summed E-state index contributed by atoms with van der Waals surface area (Å²) < 4.78 is 9.32. The van der Waals surface area contributed by atoms with Crippen LogP contribution in [-0.4, -0.2) is 19.7 Å². The molecular formula is C8H14O3. The zero-order chi connectivity index (χ0) is 8.53. The van der Waals surface area contributed by atoms with Gasteiger partial charge in [0.15, 0.2) is 0 Å².